The molecule has 84 valence electrons. The van der Waals surface area contributed by atoms with Gasteiger partial charge in [-0.1, -0.05) is 13.8 Å². The van der Waals surface area contributed by atoms with Crippen LogP contribution in [-0.2, 0) is 11.3 Å². The summed E-state index contributed by atoms with van der Waals surface area (Å²) in [6.45, 7) is 4.33. The van der Waals surface area contributed by atoms with Gasteiger partial charge in [-0.25, -0.2) is 0 Å². The monoisotopic (exact) mass is 210 g/mol. The van der Waals surface area contributed by atoms with Crippen molar-refractivity contribution in [1.82, 2.24) is 4.90 Å². The minimum Gasteiger partial charge on any atom is -0.467 e. The number of nitrogens with zero attached hydrogens (tertiary/aromatic N) is 1. The summed E-state index contributed by atoms with van der Waals surface area (Å²) in [5.74, 6) is 0.861. The zero-order valence-electron chi connectivity index (χ0n) is 9.43. The predicted octanol–water partition coefficient (Wildman–Crippen LogP) is 1.22. The molecule has 1 heterocycles. The summed E-state index contributed by atoms with van der Waals surface area (Å²) in [6, 6.07) is 3.20. The van der Waals surface area contributed by atoms with Gasteiger partial charge in [0.2, 0.25) is 5.91 Å². The molecule has 1 aromatic rings. The summed E-state index contributed by atoms with van der Waals surface area (Å²) >= 11 is 0. The highest BCUT2D eigenvalue weighted by atomic mass is 16.3. The van der Waals surface area contributed by atoms with Crippen molar-refractivity contribution in [2.45, 2.75) is 26.4 Å². The van der Waals surface area contributed by atoms with Crippen LogP contribution in [0.25, 0.3) is 0 Å². The van der Waals surface area contributed by atoms with Crippen molar-refractivity contribution < 1.29 is 9.21 Å². The van der Waals surface area contributed by atoms with Gasteiger partial charge in [0.25, 0.3) is 0 Å². The van der Waals surface area contributed by atoms with E-state index < -0.39 is 6.04 Å². The van der Waals surface area contributed by atoms with Gasteiger partial charge in [-0.15, -0.1) is 0 Å². The fourth-order valence-corrected chi connectivity index (χ4v) is 1.25. The van der Waals surface area contributed by atoms with Crippen LogP contribution in [0.2, 0.25) is 0 Å². The molecule has 4 nitrogen and oxygen atoms in total. The van der Waals surface area contributed by atoms with Crippen molar-refractivity contribution >= 4 is 5.91 Å². The molecule has 0 saturated carbocycles. The lowest BCUT2D eigenvalue weighted by atomic mass is 10.0. The summed E-state index contributed by atoms with van der Waals surface area (Å²) in [6.07, 6.45) is 1.59. The van der Waals surface area contributed by atoms with E-state index in [1.165, 1.54) is 0 Å². The third kappa shape index (κ3) is 3.09. The van der Waals surface area contributed by atoms with E-state index in [0.717, 1.165) is 5.76 Å². The van der Waals surface area contributed by atoms with Gasteiger partial charge in [-0.05, 0) is 18.1 Å². The van der Waals surface area contributed by atoms with Crippen molar-refractivity contribution in [3.8, 4) is 0 Å². The molecule has 2 N–H and O–H groups in total. The number of carbonyl (C=O) groups excluding carboxylic acids is 1. The maximum atomic E-state index is 11.8. The van der Waals surface area contributed by atoms with Crippen LogP contribution in [-0.4, -0.2) is 23.9 Å². The van der Waals surface area contributed by atoms with Crippen LogP contribution in [0.3, 0.4) is 0 Å². The van der Waals surface area contributed by atoms with Gasteiger partial charge in [0, 0.05) is 7.05 Å². The first-order chi connectivity index (χ1) is 7.02. The molecule has 0 aliphatic rings. The maximum absolute atomic E-state index is 11.8. The predicted molar refractivity (Wildman–Crippen MR) is 58.0 cm³/mol. The van der Waals surface area contributed by atoms with Crippen molar-refractivity contribution in [3.63, 3.8) is 0 Å². The van der Waals surface area contributed by atoms with Crippen LogP contribution in [0.15, 0.2) is 22.8 Å². The zero-order chi connectivity index (χ0) is 11.4. The lowest BCUT2D eigenvalue weighted by molar-refractivity contribution is -0.133. The van der Waals surface area contributed by atoms with Crippen molar-refractivity contribution in [2.75, 3.05) is 7.05 Å². The first-order valence-electron chi connectivity index (χ1n) is 5.05. The normalized spacial score (nSPS) is 12.9. The quantitative estimate of drug-likeness (QED) is 0.813. The van der Waals surface area contributed by atoms with Gasteiger partial charge in [-0.2, -0.15) is 0 Å². The number of hydrogen-bond acceptors (Lipinski definition) is 3. The molecule has 1 aromatic heterocycles. The molecule has 0 aromatic carbocycles. The Labute approximate surface area is 90.0 Å². The topological polar surface area (TPSA) is 59.5 Å². The molecule has 1 amide bonds. The van der Waals surface area contributed by atoms with E-state index in [4.69, 9.17) is 10.2 Å². The average Bonchev–Trinajstić information content (AvgIpc) is 2.67. The molecule has 1 atom stereocenters. The van der Waals surface area contributed by atoms with E-state index in [1.807, 2.05) is 19.9 Å². The Hall–Kier alpha value is -1.29. The second-order valence-corrected chi connectivity index (χ2v) is 4.04. The Kier molecular flexibility index (Phi) is 3.91. The first-order valence-corrected chi connectivity index (χ1v) is 5.05. The Balaban J connectivity index is 2.54. The maximum Gasteiger partial charge on any atom is 0.239 e. The number of amides is 1. The van der Waals surface area contributed by atoms with E-state index in [2.05, 4.69) is 0 Å². The molecule has 0 bridgehead atoms. The van der Waals surface area contributed by atoms with Gasteiger partial charge in [0.05, 0.1) is 18.8 Å². The lowest BCUT2D eigenvalue weighted by Gasteiger charge is -2.22. The Morgan fingerprint density at radius 3 is 2.73 bits per heavy atom. The minimum atomic E-state index is -0.440. The number of carbonyl (C=O) groups is 1. The molecule has 0 radical (unpaired) electrons. The van der Waals surface area contributed by atoms with Gasteiger partial charge in [0.1, 0.15) is 5.76 Å². The van der Waals surface area contributed by atoms with Crippen LogP contribution < -0.4 is 5.73 Å². The molecule has 0 aliphatic heterocycles. The molecule has 0 aliphatic carbocycles. The van der Waals surface area contributed by atoms with Crippen LogP contribution in [0, 0.1) is 5.92 Å². The number of likely N-dealkylation sites (N-methyl/N-ethyl adjacent to an activating group) is 1. The Morgan fingerprint density at radius 1 is 1.60 bits per heavy atom. The molecule has 0 saturated heterocycles. The Bertz CT molecular complexity index is 306. The first kappa shape index (κ1) is 11.8. The molecule has 0 unspecified atom stereocenters. The van der Waals surface area contributed by atoms with Crippen molar-refractivity contribution in [1.29, 1.82) is 0 Å². The van der Waals surface area contributed by atoms with Crippen LogP contribution in [0.4, 0.5) is 0 Å². The summed E-state index contributed by atoms with van der Waals surface area (Å²) < 4.78 is 5.16. The largest absolute Gasteiger partial charge is 0.467 e. The van der Waals surface area contributed by atoms with Gasteiger partial charge >= 0.3 is 0 Å². The second kappa shape index (κ2) is 4.98. The zero-order valence-corrected chi connectivity index (χ0v) is 9.43. The SMILES string of the molecule is CC(C)[C@H](N)C(=O)N(C)Cc1ccco1. The van der Waals surface area contributed by atoms with E-state index in [-0.39, 0.29) is 11.8 Å². The van der Waals surface area contributed by atoms with E-state index in [9.17, 15) is 4.79 Å². The molecule has 0 spiro atoms. The van der Waals surface area contributed by atoms with Gasteiger partial charge in [0.15, 0.2) is 0 Å². The molecule has 1 rings (SSSR count). The average molecular weight is 210 g/mol. The number of nitrogens with two attached hydrogens (primary N) is 1. The Morgan fingerprint density at radius 2 is 2.27 bits per heavy atom. The highest BCUT2D eigenvalue weighted by Gasteiger charge is 2.21. The summed E-state index contributed by atoms with van der Waals surface area (Å²) in [7, 11) is 1.73. The van der Waals surface area contributed by atoms with Crippen LogP contribution >= 0.6 is 0 Å². The highest BCUT2D eigenvalue weighted by molar-refractivity contribution is 5.81. The second-order valence-electron chi connectivity index (χ2n) is 4.04. The third-order valence-corrected chi connectivity index (χ3v) is 2.35. The lowest BCUT2D eigenvalue weighted by Crippen LogP contribution is -2.44. The van der Waals surface area contributed by atoms with Crippen LogP contribution in [0.5, 0.6) is 0 Å². The molecule has 0 fully saturated rings. The summed E-state index contributed by atoms with van der Waals surface area (Å²) in [5, 5.41) is 0. The van der Waals surface area contributed by atoms with Crippen molar-refractivity contribution in [2.24, 2.45) is 11.7 Å². The van der Waals surface area contributed by atoms with E-state index in [1.54, 1.807) is 24.3 Å². The molecular formula is C11H18N2O2. The highest BCUT2D eigenvalue weighted by Crippen LogP contribution is 2.07. The number of rotatable bonds is 4. The molecular weight excluding hydrogens is 192 g/mol. The fourth-order valence-electron chi connectivity index (χ4n) is 1.25. The van der Waals surface area contributed by atoms with Crippen molar-refractivity contribution in [3.05, 3.63) is 24.2 Å². The molecule has 15 heavy (non-hydrogen) atoms. The summed E-state index contributed by atoms with van der Waals surface area (Å²) in [4.78, 5) is 13.4. The smallest absolute Gasteiger partial charge is 0.239 e. The number of furan rings is 1. The standard InChI is InChI=1S/C11H18N2O2/c1-8(2)10(12)11(14)13(3)7-9-5-4-6-15-9/h4-6,8,10H,7,12H2,1-3H3/t10-/m0/s1. The fraction of sp³-hybridized carbons (Fsp3) is 0.545. The minimum absolute atomic E-state index is 0.0543. The van der Waals surface area contributed by atoms with E-state index >= 15 is 0 Å². The third-order valence-electron chi connectivity index (χ3n) is 2.35. The van der Waals surface area contributed by atoms with Gasteiger partial charge in [-0.3, -0.25) is 4.79 Å². The summed E-state index contributed by atoms with van der Waals surface area (Å²) in [5.41, 5.74) is 5.77. The number of hydrogen-bond donors (Lipinski definition) is 1. The molecule has 4 heteroatoms. The van der Waals surface area contributed by atoms with E-state index in [0.29, 0.717) is 6.54 Å². The van der Waals surface area contributed by atoms with Gasteiger partial charge < -0.3 is 15.1 Å². The van der Waals surface area contributed by atoms with Crippen LogP contribution in [0.1, 0.15) is 19.6 Å².